The van der Waals surface area contributed by atoms with Crippen molar-refractivity contribution in [3.05, 3.63) is 57.9 Å². The van der Waals surface area contributed by atoms with E-state index < -0.39 is 10.8 Å². The van der Waals surface area contributed by atoms with Gasteiger partial charge in [-0.25, -0.2) is 13.9 Å². The van der Waals surface area contributed by atoms with Crippen molar-refractivity contribution in [2.24, 2.45) is 0 Å². The van der Waals surface area contributed by atoms with Crippen LogP contribution in [-0.2, 0) is 15.6 Å². The maximum Gasteiger partial charge on any atom is 0.281 e. The molecule has 2 saturated heterocycles. The number of benzene rings is 2. The van der Waals surface area contributed by atoms with Gasteiger partial charge in [0.05, 0.1) is 17.4 Å². The standard InChI is InChI=1S/C31H40N8O3S/c1-21(2)36-10-5-11-38(17-16-36)28(40)20-35-12-14-37(15-13-35)24-7-8-25-26(19-24)39-29(32-30(25)41)31(33-34-39)43(42)27-9-6-22(3)18-23(27)4/h6-9,18-19,21,34H,5,10-17,20H2,1-4H3. The van der Waals surface area contributed by atoms with Crippen molar-refractivity contribution in [1.29, 1.82) is 0 Å². The number of amides is 1. The van der Waals surface area contributed by atoms with E-state index in [0.29, 0.717) is 28.4 Å². The zero-order chi connectivity index (χ0) is 30.2. The molecule has 0 saturated carbocycles. The third kappa shape index (κ3) is 5.96. The topological polar surface area (TPSA) is 110 Å². The highest BCUT2D eigenvalue weighted by Gasteiger charge is 2.25. The summed E-state index contributed by atoms with van der Waals surface area (Å²) >= 11 is 0. The number of nitrogens with one attached hydrogen (secondary N) is 1. The Balaban J connectivity index is 1.17. The number of hydrogen-bond acceptors (Lipinski definition) is 8. The summed E-state index contributed by atoms with van der Waals surface area (Å²) < 4.78 is 15.2. The molecule has 12 heteroatoms. The van der Waals surface area contributed by atoms with E-state index in [2.05, 4.69) is 43.8 Å². The first-order valence-electron chi connectivity index (χ1n) is 15.1. The molecule has 2 aromatic carbocycles. The molecule has 2 fully saturated rings. The fraction of sp³-hybridized carbons (Fsp3) is 0.484. The highest BCUT2D eigenvalue weighted by atomic mass is 32.2. The molecular formula is C31H40N8O3S. The maximum atomic E-state index is 13.5. The van der Waals surface area contributed by atoms with Gasteiger partial charge in [0.25, 0.3) is 5.56 Å². The van der Waals surface area contributed by atoms with E-state index in [0.717, 1.165) is 75.6 Å². The normalized spacial score (nSPS) is 18.1. The monoisotopic (exact) mass is 604 g/mol. The Labute approximate surface area is 253 Å². The lowest BCUT2D eigenvalue weighted by Gasteiger charge is -2.36. The molecule has 4 aromatic rings. The van der Waals surface area contributed by atoms with Crippen molar-refractivity contribution in [2.75, 3.05) is 63.8 Å². The number of aryl methyl sites for hydroxylation is 2. The molecule has 6 rings (SSSR count). The lowest BCUT2D eigenvalue weighted by molar-refractivity contribution is -0.132. The number of anilines is 1. The minimum absolute atomic E-state index is 0.215. The Kier molecular flexibility index (Phi) is 8.34. The highest BCUT2D eigenvalue weighted by molar-refractivity contribution is 7.85. The predicted octanol–water partition coefficient (Wildman–Crippen LogP) is 2.42. The van der Waals surface area contributed by atoms with Gasteiger partial charge in [0.1, 0.15) is 10.8 Å². The van der Waals surface area contributed by atoms with Crippen molar-refractivity contribution >= 4 is 38.9 Å². The Morgan fingerprint density at radius 2 is 1.77 bits per heavy atom. The molecule has 0 radical (unpaired) electrons. The Bertz CT molecular complexity index is 1740. The molecule has 2 aliphatic rings. The molecule has 43 heavy (non-hydrogen) atoms. The number of piperazine rings is 1. The summed E-state index contributed by atoms with van der Waals surface area (Å²) in [5.74, 6) is 0.215. The fourth-order valence-corrected chi connectivity index (χ4v) is 7.37. The third-order valence-electron chi connectivity index (χ3n) is 8.73. The summed E-state index contributed by atoms with van der Waals surface area (Å²) in [5.41, 5.74) is 3.48. The number of aromatic nitrogens is 4. The molecule has 228 valence electrons. The van der Waals surface area contributed by atoms with E-state index in [1.165, 1.54) is 0 Å². The van der Waals surface area contributed by atoms with Gasteiger partial charge in [-0.3, -0.25) is 19.4 Å². The van der Waals surface area contributed by atoms with Crippen LogP contribution in [0.2, 0.25) is 0 Å². The first-order chi connectivity index (χ1) is 20.7. The first kappa shape index (κ1) is 29.5. The van der Waals surface area contributed by atoms with Gasteiger partial charge in [-0.2, -0.15) is 4.98 Å². The zero-order valence-corrected chi connectivity index (χ0v) is 26.2. The van der Waals surface area contributed by atoms with Crippen LogP contribution in [0.5, 0.6) is 0 Å². The zero-order valence-electron chi connectivity index (χ0n) is 25.4. The molecule has 0 spiro atoms. The number of fused-ring (bicyclic) bond motifs is 3. The molecule has 4 heterocycles. The Morgan fingerprint density at radius 1 is 0.977 bits per heavy atom. The van der Waals surface area contributed by atoms with Crippen molar-refractivity contribution in [2.45, 2.75) is 50.1 Å². The quantitative estimate of drug-likeness (QED) is 0.358. The van der Waals surface area contributed by atoms with Gasteiger partial charge in [-0.15, -0.1) is 5.10 Å². The molecule has 0 bridgehead atoms. The number of nitrogens with zero attached hydrogens (tertiary/aromatic N) is 7. The molecular weight excluding hydrogens is 564 g/mol. The summed E-state index contributed by atoms with van der Waals surface area (Å²) in [6, 6.07) is 11.9. The second-order valence-corrected chi connectivity index (χ2v) is 13.3. The number of hydrogen-bond donors (Lipinski definition) is 1. The van der Waals surface area contributed by atoms with E-state index in [9.17, 15) is 13.8 Å². The Morgan fingerprint density at radius 3 is 2.51 bits per heavy atom. The van der Waals surface area contributed by atoms with E-state index in [4.69, 9.17) is 0 Å². The summed E-state index contributed by atoms with van der Waals surface area (Å²) in [7, 11) is -1.60. The van der Waals surface area contributed by atoms with Gasteiger partial charge < -0.3 is 9.80 Å². The molecule has 1 unspecified atom stereocenters. The maximum absolute atomic E-state index is 13.5. The largest absolute Gasteiger partial charge is 0.369 e. The van der Waals surface area contributed by atoms with E-state index in [-0.39, 0.29) is 22.1 Å². The van der Waals surface area contributed by atoms with Crippen LogP contribution in [0.15, 0.2) is 51.1 Å². The number of carbonyl (C=O) groups is 1. The average molecular weight is 605 g/mol. The SMILES string of the molecule is Cc1ccc(S(=O)c2n[nH]n3c2nc(=O)c2ccc(N4CCN(CC(=O)N5CCCN(C(C)C)CC5)CC4)cc23)c(C)c1. The van der Waals surface area contributed by atoms with E-state index in [1.54, 1.807) is 10.6 Å². The smallest absolute Gasteiger partial charge is 0.281 e. The minimum atomic E-state index is -1.60. The summed E-state index contributed by atoms with van der Waals surface area (Å²) in [4.78, 5) is 40.0. The van der Waals surface area contributed by atoms with E-state index in [1.807, 2.05) is 49.1 Å². The number of rotatable bonds is 6. The summed E-state index contributed by atoms with van der Waals surface area (Å²) in [5, 5.41) is 7.98. The molecule has 1 amide bonds. The summed E-state index contributed by atoms with van der Waals surface area (Å²) in [6.07, 6.45) is 1.02. The molecule has 2 aliphatic heterocycles. The van der Waals surface area contributed by atoms with E-state index >= 15 is 0 Å². The van der Waals surface area contributed by atoms with Crippen LogP contribution >= 0.6 is 0 Å². The van der Waals surface area contributed by atoms with Crippen LogP contribution in [0.3, 0.4) is 0 Å². The van der Waals surface area contributed by atoms with Crippen molar-refractivity contribution in [3.8, 4) is 0 Å². The van der Waals surface area contributed by atoms with Gasteiger partial charge in [0, 0.05) is 69.0 Å². The van der Waals surface area contributed by atoms with Crippen LogP contribution in [-0.4, -0.2) is 110 Å². The van der Waals surface area contributed by atoms with Gasteiger partial charge >= 0.3 is 0 Å². The first-order valence-corrected chi connectivity index (χ1v) is 16.2. The number of aromatic amines is 1. The van der Waals surface area contributed by atoms with Gasteiger partial charge in [-0.1, -0.05) is 17.7 Å². The average Bonchev–Trinajstić information content (AvgIpc) is 3.24. The second kappa shape index (κ2) is 12.2. The molecule has 0 aliphatic carbocycles. The molecule has 11 nitrogen and oxygen atoms in total. The molecule has 1 N–H and O–H groups in total. The van der Waals surface area contributed by atoms with Gasteiger partial charge in [0.15, 0.2) is 10.7 Å². The third-order valence-corrected chi connectivity index (χ3v) is 10.2. The number of carbonyl (C=O) groups excluding carboxylic acids is 1. The fourth-order valence-electron chi connectivity index (χ4n) is 6.19. The van der Waals surface area contributed by atoms with Crippen LogP contribution in [0.25, 0.3) is 16.6 Å². The van der Waals surface area contributed by atoms with Crippen LogP contribution in [0, 0.1) is 13.8 Å². The van der Waals surface area contributed by atoms with Crippen molar-refractivity contribution < 1.29 is 9.00 Å². The van der Waals surface area contributed by atoms with Crippen molar-refractivity contribution in [3.63, 3.8) is 0 Å². The molecule has 1 atom stereocenters. The minimum Gasteiger partial charge on any atom is -0.369 e. The lowest BCUT2D eigenvalue weighted by Crippen LogP contribution is -2.50. The van der Waals surface area contributed by atoms with Gasteiger partial charge in [-0.05, 0) is 63.9 Å². The number of H-pyrrole nitrogens is 1. The predicted molar refractivity (Wildman–Crippen MR) is 168 cm³/mol. The van der Waals surface area contributed by atoms with Crippen LogP contribution in [0.4, 0.5) is 5.69 Å². The van der Waals surface area contributed by atoms with Crippen LogP contribution in [0.1, 0.15) is 31.4 Å². The second-order valence-electron chi connectivity index (χ2n) is 12.0. The molecule has 2 aromatic heterocycles. The highest BCUT2D eigenvalue weighted by Crippen LogP contribution is 2.25. The van der Waals surface area contributed by atoms with Gasteiger partial charge in [0.2, 0.25) is 5.91 Å². The van der Waals surface area contributed by atoms with Crippen LogP contribution < -0.4 is 10.5 Å². The Hall–Kier alpha value is -3.61. The lowest BCUT2D eigenvalue weighted by atomic mass is 10.2. The summed E-state index contributed by atoms with van der Waals surface area (Å²) in [6.45, 7) is 15.5. The van der Waals surface area contributed by atoms with Crippen molar-refractivity contribution in [1.82, 2.24) is 34.5 Å².